The lowest BCUT2D eigenvalue weighted by Crippen LogP contribution is -2.46. The van der Waals surface area contributed by atoms with Gasteiger partial charge in [-0.1, -0.05) is 24.0 Å². The van der Waals surface area contributed by atoms with Crippen LogP contribution in [0.25, 0.3) is 0 Å². The third-order valence-electron chi connectivity index (χ3n) is 4.37. The highest BCUT2D eigenvalue weighted by atomic mass is 15.3. The van der Waals surface area contributed by atoms with Gasteiger partial charge in [0.15, 0.2) is 0 Å². The van der Waals surface area contributed by atoms with Gasteiger partial charge in [0.2, 0.25) is 0 Å². The van der Waals surface area contributed by atoms with Crippen LogP contribution in [0.4, 0.5) is 0 Å². The fourth-order valence-corrected chi connectivity index (χ4v) is 2.90. The summed E-state index contributed by atoms with van der Waals surface area (Å²) in [6, 6.07) is 8.58. The second-order valence-corrected chi connectivity index (χ2v) is 6.22. The molecule has 0 atom stereocenters. The highest BCUT2D eigenvalue weighted by Crippen LogP contribution is 2.29. The third kappa shape index (κ3) is 4.57. The summed E-state index contributed by atoms with van der Waals surface area (Å²) in [6.45, 7) is 7.67. The van der Waals surface area contributed by atoms with Crippen LogP contribution in [0, 0.1) is 17.8 Å². The zero-order valence-corrected chi connectivity index (χ0v) is 12.7. The Kier molecular flexibility index (Phi) is 4.92. The largest absolute Gasteiger partial charge is 0.320 e. The van der Waals surface area contributed by atoms with Gasteiger partial charge in [-0.05, 0) is 36.5 Å². The molecule has 0 bridgehead atoms. The van der Waals surface area contributed by atoms with Crippen molar-refractivity contribution >= 4 is 0 Å². The lowest BCUT2D eigenvalue weighted by atomic mass is 10.1. The second-order valence-electron chi connectivity index (χ2n) is 6.22. The molecule has 112 valence electrons. The molecule has 2 aliphatic rings. The molecule has 3 nitrogen and oxygen atoms in total. The lowest BCUT2D eigenvalue weighted by Gasteiger charge is -2.34. The van der Waals surface area contributed by atoms with Gasteiger partial charge in [-0.2, -0.15) is 0 Å². The minimum absolute atomic E-state index is 0.423. The number of nitrogens with two attached hydrogens (primary N) is 1. The fraction of sp³-hybridized carbons (Fsp3) is 0.556. The van der Waals surface area contributed by atoms with Crippen molar-refractivity contribution in [1.82, 2.24) is 9.80 Å². The normalized spacial score (nSPS) is 20.0. The van der Waals surface area contributed by atoms with Crippen LogP contribution in [0.5, 0.6) is 0 Å². The van der Waals surface area contributed by atoms with Crippen molar-refractivity contribution in [3.05, 3.63) is 35.4 Å². The van der Waals surface area contributed by atoms with Crippen LogP contribution in [0.3, 0.4) is 0 Å². The van der Waals surface area contributed by atoms with Gasteiger partial charge in [0.05, 0.1) is 6.54 Å². The van der Waals surface area contributed by atoms with Crippen LogP contribution in [-0.4, -0.2) is 49.1 Å². The van der Waals surface area contributed by atoms with Gasteiger partial charge in [-0.25, -0.2) is 0 Å². The number of rotatable bonds is 4. The summed E-state index contributed by atoms with van der Waals surface area (Å²) in [6.07, 6.45) is 2.92. The van der Waals surface area contributed by atoms with E-state index < -0.39 is 0 Å². The first-order chi connectivity index (χ1) is 10.3. The van der Waals surface area contributed by atoms with E-state index >= 15 is 0 Å². The van der Waals surface area contributed by atoms with Crippen molar-refractivity contribution in [3.8, 4) is 11.8 Å². The van der Waals surface area contributed by atoms with Gasteiger partial charge in [0.1, 0.15) is 0 Å². The van der Waals surface area contributed by atoms with Crippen molar-refractivity contribution in [2.45, 2.75) is 19.4 Å². The SMILES string of the molecule is NCC#Cc1ccc(CN2CCN(CC3CC3)CC2)cc1. The second kappa shape index (κ2) is 7.09. The minimum Gasteiger partial charge on any atom is -0.320 e. The zero-order chi connectivity index (χ0) is 14.5. The summed E-state index contributed by atoms with van der Waals surface area (Å²) in [7, 11) is 0. The first kappa shape index (κ1) is 14.6. The van der Waals surface area contributed by atoms with Crippen molar-refractivity contribution in [2.75, 3.05) is 39.3 Å². The summed E-state index contributed by atoms with van der Waals surface area (Å²) >= 11 is 0. The average Bonchev–Trinajstić information content (AvgIpc) is 3.33. The molecule has 21 heavy (non-hydrogen) atoms. The quantitative estimate of drug-likeness (QED) is 0.851. The summed E-state index contributed by atoms with van der Waals surface area (Å²) in [4.78, 5) is 5.20. The maximum absolute atomic E-state index is 5.39. The molecule has 0 radical (unpaired) electrons. The third-order valence-corrected chi connectivity index (χ3v) is 4.37. The molecule has 1 aromatic carbocycles. The van der Waals surface area contributed by atoms with Gasteiger partial charge in [0.25, 0.3) is 0 Å². The summed E-state index contributed by atoms with van der Waals surface area (Å²) in [5.74, 6) is 6.98. The molecule has 1 aliphatic carbocycles. The Morgan fingerprint density at radius 1 is 1.00 bits per heavy atom. The van der Waals surface area contributed by atoms with Gasteiger partial charge in [0, 0.05) is 44.8 Å². The summed E-state index contributed by atoms with van der Waals surface area (Å²) in [5.41, 5.74) is 7.82. The van der Waals surface area contributed by atoms with Gasteiger partial charge < -0.3 is 10.6 Å². The number of nitrogens with zero attached hydrogens (tertiary/aromatic N) is 2. The molecule has 0 unspecified atom stereocenters. The number of benzene rings is 1. The van der Waals surface area contributed by atoms with E-state index in [1.807, 2.05) is 0 Å². The Morgan fingerprint density at radius 3 is 2.29 bits per heavy atom. The topological polar surface area (TPSA) is 32.5 Å². The van der Waals surface area contributed by atoms with Crippen LogP contribution < -0.4 is 5.73 Å². The monoisotopic (exact) mass is 283 g/mol. The molecule has 1 aromatic rings. The molecule has 1 saturated carbocycles. The molecule has 0 spiro atoms. The van der Waals surface area contributed by atoms with E-state index in [-0.39, 0.29) is 0 Å². The van der Waals surface area contributed by atoms with Crippen molar-refractivity contribution in [1.29, 1.82) is 0 Å². The first-order valence-electron chi connectivity index (χ1n) is 8.06. The lowest BCUT2D eigenvalue weighted by molar-refractivity contribution is 0.123. The highest BCUT2D eigenvalue weighted by molar-refractivity contribution is 5.36. The molecule has 1 saturated heterocycles. The van der Waals surface area contributed by atoms with Crippen LogP contribution in [-0.2, 0) is 6.54 Å². The number of piperazine rings is 1. The van der Waals surface area contributed by atoms with Gasteiger partial charge >= 0.3 is 0 Å². The Bertz CT molecular complexity index is 500. The predicted octanol–water partition coefficient (Wildman–Crippen LogP) is 1.52. The Labute approximate surface area is 128 Å². The molecule has 0 amide bonds. The Balaban J connectivity index is 1.46. The predicted molar refractivity (Wildman–Crippen MR) is 86.8 cm³/mol. The molecule has 1 heterocycles. The molecule has 1 aliphatic heterocycles. The molecular formula is C18H25N3. The van der Waals surface area contributed by atoms with E-state index in [4.69, 9.17) is 5.73 Å². The van der Waals surface area contributed by atoms with Crippen molar-refractivity contribution < 1.29 is 0 Å². The maximum Gasteiger partial charge on any atom is 0.0555 e. The van der Waals surface area contributed by atoms with E-state index in [1.165, 1.54) is 51.1 Å². The van der Waals surface area contributed by atoms with Crippen molar-refractivity contribution in [2.24, 2.45) is 11.7 Å². The average molecular weight is 283 g/mol. The highest BCUT2D eigenvalue weighted by Gasteiger charge is 2.26. The van der Waals surface area contributed by atoms with E-state index in [1.54, 1.807) is 0 Å². The van der Waals surface area contributed by atoms with E-state index in [0.29, 0.717) is 6.54 Å². The van der Waals surface area contributed by atoms with Gasteiger partial charge in [-0.15, -0.1) is 0 Å². The Hall–Kier alpha value is -1.34. The van der Waals surface area contributed by atoms with Crippen LogP contribution in [0.15, 0.2) is 24.3 Å². The van der Waals surface area contributed by atoms with E-state index in [0.717, 1.165) is 18.0 Å². The maximum atomic E-state index is 5.39. The first-order valence-corrected chi connectivity index (χ1v) is 8.06. The Morgan fingerprint density at radius 2 is 1.67 bits per heavy atom. The summed E-state index contributed by atoms with van der Waals surface area (Å²) < 4.78 is 0. The number of hydrogen-bond acceptors (Lipinski definition) is 3. The molecule has 3 heteroatoms. The molecule has 0 aromatic heterocycles. The molecular weight excluding hydrogens is 258 g/mol. The molecule has 3 rings (SSSR count). The fourth-order valence-electron chi connectivity index (χ4n) is 2.90. The van der Waals surface area contributed by atoms with E-state index in [2.05, 4.69) is 45.9 Å². The standard InChI is InChI=1S/C18H25N3/c19-9-1-2-16-3-5-17(6-4-16)14-20-10-12-21(13-11-20)15-18-7-8-18/h3-6,18H,7-15,19H2. The van der Waals surface area contributed by atoms with Crippen LogP contribution in [0.2, 0.25) is 0 Å². The minimum atomic E-state index is 0.423. The number of hydrogen-bond donors (Lipinski definition) is 1. The van der Waals surface area contributed by atoms with Crippen LogP contribution >= 0.6 is 0 Å². The van der Waals surface area contributed by atoms with E-state index in [9.17, 15) is 0 Å². The molecule has 2 fully saturated rings. The van der Waals surface area contributed by atoms with Crippen LogP contribution in [0.1, 0.15) is 24.0 Å². The summed E-state index contributed by atoms with van der Waals surface area (Å²) in [5, 5.41) is 0. The molecule has 2 N–H and O–H groups in total. The van der Waals surface area contributed by atoms with Gasteiger partial charge in [-0.3, -0.25) is 4.90 Å². The zero-order valence-electron chi connectivity index (χ0n) is 12.7. The smallest absolute Gasteiger partial charge is 0.0555 e. The van der Waals surface area contributed by atoms with Crippen molar-refractivity contribution in [3.63, 3.8) is 0 Å².